The first-order valence-corrected chi connectivity index (χ1v) is 9.67. The Morgan fingerprint density at radius 3 is 2.35 bits per heavy atom. The second-order valence-electron chi connectivity index (χ2n) is 6.82. The molecule has 0 radical (unpaired) electrons. The van der Waals surface area contributed by atoms with Crippen LogP contribution in [0.15, 0.2) is 66.7 Å². The van der Waals surface area contributed by atoms with Crippen molar-refractivity contribution in [2.75, 3.05) is 18.6 Å². The highest BCUT2D eigenvalue weighted by molar-refractivity contribution is 5.85. The monoisotopic (exact) mass is 347 g/mol. The number of methoxy groups -OCH3 is 1. The Morgan fingerprint density at radius 1 is 0.808 bits per heavy atom. The van der Waals surface area contributed by atoms with Gasteiger partial charge >= 0.3 is 0 Å². The predicted octanol–water partition coefficient (Wildman–Crippen LogP) is 6.44. The Bertz CT molecular complexity index is 805. The summed E-state index contributed by atoms with van der Waals surface area (Å²) in [6.07, 6.45) is 5.10. The first-order valence-electron chi connectivity index (χ1n) is 9.67. The number of hydrogen-bond acceptors (Lipinski definition) is 2. The molecule has 0 atom stereocenters. The first kappa shape index (κ1) is 18.3. The third-order valence-corrected chi connectivity index (χ3v) is 4.96. The Balaban J connectivity index is 1.83. The summed E-state index contributed by atoms with van der Waals surface area (Å²) < 4.78 is 5.32. The molecule has 0 spiro atoms. The smallest absolute Gasteiger partial charge is 0.119 e. The first-order chi connectivity index (χ1) is 12.8. The highest BCUT2D eigenvalue weighted by atomic mass is 16.5. The zero-order valence-electron chi connectivity index (χ0n) is 15.9. The van der Waals surface area contributed by atoms with Gasteiger partial charge in [0, 0.05) is 18.8 Å². The minimum Gasteiger partial charge on any atom is -0.497 e. The van der Waals surface area contributed by atoms with Crippen molar-refractivity contribution in [2.45, 2.75) is 39.2 Å². The van der Waals surface area contributed by atoms with Gasteiger partial charge in [-0.15, -0.1) is 0 Å². The molecule has 0 heterocycles. The van der Waals surface area contributed by atoms with Crippen LogP contribution in [0.4, 0.5) is 5.69 Å². The van der Waals surface area contributed by atoms with Crippen molar-refractivity contribution < 1.29 is 4.74 Å². The molecule has 0 saturated heterocycles. The fourth-order valence-corrected chi connectivity index (χ4v) is 3.46. The summed E-state index contributed by atoms with van der Waals surface area (Å²) >= 11 is 0. The van der Waals surface area contributed by atoms with Crippen molar-refractivity contribution >= 4 is 16.5 Å². The van der Waals surface area contributed by atoms with Crippen LogP contribution in [-0.4, -0.2) is 13.7 Å². The van der Waals surface area contributed by atoms with Gasteiger partial charge in [0.15, 0.2) is 0 Å². The number of anilines is 1. The minimum absolute atomic E-state index is 0.907. The standard InChI is InChI=1S/C24H29NO/c1-3-4-5-8-18-25(22-14-16-23(26-2)17-15-22)19-21-12-9-11-20-10-6-7-13-24(20)21/h6-7,9-17H,3-5,8,18-19H2,1-2H3. The Kier molecular flexibility index (Phi) is 6.54. The van der Waals surface area contributed by atoms with Gasteiger partial charge in [0.2, 0.25) is 0 Å². The lowest BCUT2D eigenvalue weighted by Gasteiger charge is -2.26. The van der Waals surface area contributed by atoms with Gasteiger partial charge in [0.1, 0.15) is 5.75 Å². The van der Waals surface area contributed by atoms with Crippen molar-refractivity contribution in [3.8, 4) is 5.75 Å². The maximum Gasteiger partial charge on any atom is 0.119 e. The van der Waals surface area contributed by atoms with E-state index in [2.05, 4.69) is 78.6 Å². The summed E-state index contributed by atoms with van der Waals surface area (Å²) in [6.45, 7) is 4.27. The van der Waals surface area contributed by atoms with E-state index in [-0.39, 0.29) is 0 Å². The molecule has 136 valence electrons. The Hall–Kier alpha value is -2.48. The number of ether oxygens (including phenoxy) is 1. The summed E-state index contributed by atoms with van der Waals surface area (Å²) in [4.78, 5) is 2.50. The van der Waals surface area contributed by atoms with Crippen molar-refractivity contribution in [1.29, 1.82) is 0 Å². The fourth-order valence-electron chi connectivity index (χ4n) is 3.46. The molecule has 0 saturated carbocycles. The van der Waals surface area contributed by atoms with Crippen LogP contribution >= 0.6 is 0 Å². The zero-order chi connectivity index (χ0) is 18.2. The van der Waals surface area contributed by atoms with Crippen LogP contribution in [0.3, 0.4) is 0 Å². The largest absolute Gasteiger partial charge is 0.497 e. The number of hydrogen-bond donors (Lipinski definition) is 0. The molecule has 0 aromatic heterocycles. The molecule has 0 amide bonds. The summed E-state index contributed by atoms with van der Waals surface area (Å²) in [7, 11) is 1.72. The lowest BCUT2D eigenvalue weighted by atomic mass is 10.0. The fraction of sp³-hybridized carbons (Fsp3) is 0.333. The van der Waals surface area contributed by atoms with Crippen LogP contribution in [0.5, 0.6) is 5.75 Å². The molecule has 0 aliphatic rings. The van der Waals surface area contributed by atoms with E-state index >= 15 is 0 Å². The molecule has 0 aliphatic heterocycles. The molecule has 2 heteroatoms. The van der Waals surface area contributed by atoms with Gasteiger partial charge in [-0.1, -0.05) is 68.7 Å². The number of rotatable bonds is 9. The molecule has 0 aliphatic carbocycles. The van der Waals surface area contributed by atoms with Gasteiger partial charge < -0.3 is 9.64 Å². The Labute approximate surface area is 157 Å². The van der Waals surface area contributed by atoms with Crippen LogP contribution < -0.4 is 9.64 Å². The van der Waals surface area contributed by atoms with Crippen molar-refractivity contribution in [2.24, 2.45) is 0 Å². The van der Waals surface area contributed by atoms with Gasteiger partial charge in [-0.05, 0) is 47.0 Å². The predicted molar refractivity (Wildman–Crippen MR) is 112 cm³/mol. The number of fused-ring (bicyclic) bond motifs is 1. The molecule has 3 aromatic carbocycles. The highest BCUT2D eigenvalue weighted by Crippen LogP contribution is 2.25. The topological polar surface area (TPSA) is 12.5 Å². The van der Waals surface area contributed by atoms with Crippen LogP contribution in [0.2, 0.25) is 0 Å². The Morgan fingerprint density at radius 2 is 1.58 bits per heavy atom. The van der Waals surface area contributed by atoms with Gasteiger partial charge in [-0.2, -0.15) is 0 Å². The maximum atomic E-state index is 5.32. The van der Waals surface area contributed by atoms with E-state index in [4.69, 9.17) is 4.74 Å². The quantitative estimate of drug-likeness (QED) is 0.413. The third-order valence-electron chi connectivity index (χ3n) is 4.96. The average molecular weight is 348 g/mol. The summed E-state index contributed by atoms with van der Waals surface area (Å²) in [6, 6.07) is 23.7. The highest BCUT2D eigenvalue weighted by Gasteiger charge is 2.10. The number of benzene rings is 3. The maximum absolute atomic E-state index is 5.32. The van der Waals surface area contributed by atoms with Crippen LogP contribution in [0, 0.1) is 0 Å². The SMILES string of the molecule is CCCCCCN(Cc1cccc2ccccc12)c1ccc(OC)cc1. The molecular weight excluding hydrogens is 318 g/mol. The minimum atomic E-state index is 0.907. The molecule has 0 fully saturated rings. The molecule has 0 unspecified atom stereocenters. The van der Waals surface area contributed by atoms with E-state index in [1.165, 1.54) is 47.7 Å². The molecule has 2 nitrogen and oxygen atoms in total. The van der Waals surface area contributed by atoms with E-state index in [1.807, 2.05) is 0 Å². The van der Waals surface area contributed by atoms with Crippen LogP contribution in [0.1, 0.15) is 38.2 Å². The van der Waals surface area contributed by atoms with E-state index in [0.29, 0.717) is 0 Å². The average Bonchev–Trinajstić information content (AvgIpc) is 2.70. The molecule has 0 bridgehead atoms. The van der Waals surface area contributed by atoms with Crippen LogP contribution in [-0.2, 0) is 6.54 Å². The number of nitrogens with zero attached hydrogens (tertiary/aromatic N) is 1. The summed E-state index contributed by atoms with van der Waals surface area (Å²) in [5.74, 6) is 0.907. The van der Waals surface area contributed by atoms with Crippen molar-refractivity contribution in [3.05, 3.63) is 72.3 Å². The van der Waals surface area contributed by atoms with Gasteiger partial charge in [0.05, 0.1) is 7.11 Å². The zero-order valence-corrected chi connectivity index (χ0v) is 15.9. The van der Waals surface area contributed by atoms with E-state index in [0.717, 1.165) is 18.8 Å². The second kappa shape index (κ2) is 9.28. The van der Waals surface area contributed by atoms with Gasteiger partial charge in [-0.3, -0.25) is 0 Å². The molecule has 0 N–H and O–H groups in total. The van der Waals surface area contributed by atoms with E-state index < -0.39 is 0 Å². The normalized spacial score (nSPS) is 10.8. The van der Waals surface area contributed by atoms with Crippen molar-refractivity contribution in [1.82, 2.24) is 0 Å². The summed E-state index contributed by atoms with van der Waals surface area (Å²) in [5, 5.41) is 2.66. The van der Waals surface area contributed by atoms with E-state index in [9.17, 15) is 0 Å². The van der Waals surface area contributed by atoms with Gasteiger partial charge in [0.25, 0.3) is 0 Å². The van der Waals surface area contributed by atoms with Crippen molar-refractivity contribution in [3.63, 3.8) is 0 Å². The third kappa shape index (κ3) is 4.57. The molecule has 3 aromatic rings. The molecule has 3 rings (SSSR count). The lowest BCUT2D eigenvalue weighted by molar-refractivity contribution is 0.415. The van der Waals surface area contributed by atoms with Crippen LogP contribution in [0.25, 0.3) is 10.8 Å². The number of unbranched alkanes of at least 4 members (excludes halogenated alkanes) is 3. The second-order valence-corrected chi connectivity index (χ2v) is 6.82. The van der Waals surface area contributed by atoms with Gasteiger partial charge in [-0.25, -0.2) is 0 Å². The summed E-state index contributed by atoms with van der Waals surface area (Å²) in [5.41, 5.74) is 2.64. The molecular formula is C24H29NO. The lowest BCUT2D eigenvalue weighted by Crippen LogP contribution is -2.24. The molecule has 26 heavy (non-hydrogen) atoms. The van der Waals surface area contributed by atoms with E-state index in [1.54, 1.807) is 7.11 Å².